The van der Waals surface area contributed by atoms with Crippen LogP contribution in [0, 0.1) is 10.1 Å². The maximum Gasteiger partial charge on any atom is 0.344 e. The summed E-state index contributed by atoms with van der Waals surface area (Å²) in [5, 5.41) is 21.8. The number of thioether (sulfide) groups is 1. The van der Waals surface area contributed by atoms with Gasteiger partial charge in [-0.2, -0.15) is 0 Å². The summed E-state index contributed by atoms with van der Waals surface area (Å²) in [6.45, 7) is 2.01. The number of para-hydroxylation sites is 1. The highest BCUT2D eigenvalue weighted by atomic mass is 32.2. The van der Waals surface area contributed by atoms with Crippen LogP contribution in [0.3, 0.4) is 0 Å². The molecule has 0 radical (unpaired) electrons. The Morgan fingerprint density at radius 3 is 2.55 bits per heavy atom. The van der Waals surface area contributed by atoms with Crippen molar-refractivity contribution in [1.29, 1.82) is 0 Å². The Kier molecular flexibility index (Phi) is 6.13. The van der Waals surface area contributed by atoms with Crippen molar-refractivity contribution in [3.05, 3.63) is 86.0 Å². The van der Waals surface area contributed by atoms with Gasteiger partial charge in [0, 0.05) is 12.1 Å². The highest BCUT2D eigenvalue weighted by Crippen LogP contribution is 2.40. The number of rotatable bonds is 5. The Balaban J connectivity index is 2.03. The summed E-state index contributed by atoms with van der Waals surface area (Å²) in [5.74, 6) is -0.914. The molecule has 2 aromatic rings. The molecule has 148 valence electrons. The van der Waals surface area contributed by atoms with E-state index in [4.69, 9.17) is 4.74 Å². The predicted octanol–water partition coefficient (Wildman–Crippen LogP) is 4.96. The summed E-state index contributed by atoms with van der Waals surface area (Å²) in [5.41, 5.74) is 2.33. The van der Waals surface area contributed by atoms with Crippen molar-refractivity contribution in [2.24, 2.45) is 4.99 Å². The molecule has 0 bridgehead atoms. The first-order valence-electron chi connectivity index (χ1n) is 8.77. The fourth-order valence-electron chi connectivity index (χ4n) is 2.76. The van der Waals surface area contributed by atoms with Crippen LogP contribution in [0.4, 0.5) is 11.4 Å². The zero-order chi connectivity index (χ0) is 21.0. The third-order valence-electron chi connectivity index (χ3n) is 4.28. The molecule has 0 saturated heterocycles. The van der Waals surface area contributed by atoms with Gasteiger partial charge in [-0.3, -0.25) is 10.1 Å². The summed E-state index contributed by atoms with van der Waals surface area (Å²) < 4.78 is 4.82. The lowest BCUT2D eigenvalue weighted by Gasteiger charge is -2.05. The van der Waals surface area contributed by atoms with Crippen molar-refractivity contribution in [2.45, 2.75) is 13.3 Å². The van der Waals surface area contributed by atoms with E-state index in [1.54, 1.807) is 18.2 Å². The second-order valence-electron chi connectivity index (χ2n) is 6.07. The average molecular weight is 410 g/mol. The minimum atomic E-state index is -0.685. The molecule has 2 aromatic carbocycles. The van der Waals surface area contributed by atoms with Crippen LogP contribution >= 0.6 is 11.8 Å². The maximum absolute atomic E-state index is 12.3. The number of benzene rings is 2. The van der Waals surface area contributed by atoms with Gasteiger partial charge in [0.15, 0.2) is 0 Å². The summed E-state index contributed by atoms with van der Waals surface area (Å²) in [6.07, 6.45) is 2.41. The van der Waals surface area contributed by atoms with E-state index in [1.807, 2.05) is 31.2 Å². The molecule has 3 rings (SSSR count). The molecule has 0 fully saturated rings. The second kappa shape index (κ2) is 8.74. The Hall–Kier alpha value is -3.39. The van der Waals surface area contributed by atoms with Crippen LogP contribution in [0.15, 0.2) is 69.8 Å². The molecule has 1 aliphatic heterocycles. The number of aliphatic hydroxyl groups excluding tert-OH is 1. The molecule has 0 spiro atoms. The van der Waals surface area contributed by atoms with E-state index in [-0.39, 0.29) is 17.0 Å². The molecule has 0 aromatic heterocycles. The Morgan fingerprint density at radius 1 is 1.24 bits per heavy atom. The number of hydrogen-bond donors (Lipinski definition) is 1. The van der Waals surface area contributed by atoms with Crippen molar-refractivity contribution in [3.63, 3.8) is 0 Å². The van der Waals surface area contributed by atoms with E-state index in [2.05, 4.69) is 4.99 Å². The predicted molar refractivity (Wildman–Crippen MR) is 113 cm³/mol. The van der Waals surface area contributed by atoms with Gasteiger partial charge in [-0.05, 0) is 41.8 Å². The molecular formula is C21H18N2O5S. The standard InChI is InChI=1S/C21H18N2O5S/c1-3-14-6-4-5-7-16(14)22-20-18(21(25)28-2)19(24)17(29-20)12-13-8-10-15(11-9-13)23(26)27/h4-12,24H,3H2,1-2H3. The zero-order valence-electron chi connectivity index (χ0n) is 15.8. The Bertz CT molecular complexity index is 1050. The fraction of sp³-hybridized carbons (Fsp3) is 0.143. The normalized spacial score (nSPS) is 16.5. The summed E-state index contributed by atoms with van der Waals surface area (Å²) in [4.78, 5) is 27.6. The SMILES string of the molecule is CCc1ccccc1N=C1SC(=Cc2ccc([N+](=O)[O-])cc2)C(O)=C1C(=O)OC. The highest BCUT2D eigenvalue weighted by molar-refractivity contribution is 8.18. The van der Waals surface area contributed by atoms with Gasteiger partial charge in [-0.1, -0.05) is 36.9 Å². The van der Waals surface area contributed by atoms with Crippen LogP contribution in [-0.4, -0.2) is 28.2 Å². The molecule has 1 heterocycles. The van der Waals surface area contributed by atoms with Crippen molar-refractivity contribution in [1.82, 2.24) is 0 Å². The van der Waals surface area contributed by atoms with Crippen LogP contribution < -0.4 is 0 Å². The van der Waals surface area contributed by atoms with Crippen molar-refractivity contribution < 1.29 is 19.6 Å². The number of carbonyl (C=O) groups is 1. The van der Waals surface area contributed by atoms with Gasteiger partial charge >= 0.3 is 5.97 Å². The first-order valence-corrected chi connectivity index (χ1v) is 9.59. The van der Waals surface area contributed by atoms with Crippen molar-refractivity contribution in [3.8, 4) is 0 Å². The first kappa shape index (κ1) is 20.3. The van der Waals surface area contributed by atoms with E-state index >= 15 is 0 Å². The molecule has 0 unspecified atom stereocenters. The van der Waals surface area contributed by atoms with Gasteiger partial charge in [0.1, 0.15) is 16.4 Å². The van der Waals surface area contributed by atoms with E-state index in [0.29, 0.717) is 21.2 Å². The molecule has 0 saturated carbocycles. The minimum absolute atomic E-state index is 0.00318. The number of nitrogens with zero attached hydrogens (tertiary/aromatic N) is 2. The van der Waals surface area contributed by atoms with E-state index < -0.39 is 10.9 Å². The number of carbonyl (C=O) groups excluding carboxylic acids is 1. The number of methoxy groups -OCH3 is 1. The van der Waals surface area contributed by atoms with Crippen molar-refractivity contribution in [2.75, 3.05) is 7.11 Å². The maximum atomic E-state index is 12.3. The van der Waals surface area contributed by atoms with Crippen LogP contribution in [0.2, 0.25) is 0 Å². The number of non-ortho nitro benzene ring substituents is 1. The number of hydrogen-bond acceptors (Lipinski definition) is 7. The summed E-state index contributed by atoms with van der Waals surface area (Å²) >= 11 is 1.14. The monoisotopic (exact) mass is 410 g/mol. The lowest BCUT2D eigenvalue weighted by Crippen LogP contribution is -2.10. The van der Waals surface area contributed by atoms with Gasteiger partial charge in [0.2, 0.25) is 0 Å². The molecular weight excluding hydrogens is 392 g/mol. The third kappa shape index (κ3) is 4.38. The smallest absolute Gasteiger partial charge is 0.344 e. The average Bonchev–Trinajstić information content (AvgIpc) is 3.03. The molecule has 7 nitrogen and oxygen atoms in total. The van der Waals surface area contributed by atoms with Gasteiger partial charge in [0.25, 0.3) is 5.69 Å². The van der Waals surface area contributed by atoms with Gasteiger partial charge in [0.05, 0.1) is 22.6 Å². The first-order chi connectivity index (χ1) is 13.9. The largest absolute Gasteiger partial charge is 0.506 e. The zero-order valence-corrected chi connectivity index (χ0v) is 16.6. The number of aryl methyl sites for hydroxylation is 1. The summed E-state index contributed by atoms with van der Waals surface area (Å²) in [7, 11) is 1.24. The molecule has 0 atom stereocenters. The second-order valence-corrected chi connectivity index (χ2v) is 7.10. The van der Waals surface area contributed by atoms with Crippen LogP contribution in [0.5, 0.6) is 0 Å². The number of esters is 1. The highest BCUT2D eigenvalue weighted by Gasteiger charge is 2.33. The Labute approximate surface area is 171 Å². The van der Waals surface area contributed by atoms with Crippen molar-refractivity contribution >= 4 is 40.2 Å². The van der Waals surface area contributed by atoms with Gasteiger partial charge < -0.3 is 9.84 Å². The van der Waals surface area contributed by atoms with Gasteiger partial charge in [-0.25, -0.2) is 9.79 Å². The molecule has 29 heavy (non-hydrogen) atoms. The number of aliphatic hydroxyl groups is 1. The lowest BCUT2D eigenvalue weighted by molar-refractivity contribution is -0.384. The third-order valence-corrected chi connectivity index (χ3v) is 5.30. The van der Waals surface area contributed by atoms with Crippen LogP contribution in [0.1, 0.15) is 18.1 Å². The number of aliphatic imine (C=N–C) groups is 1. The van der Waals surface area contributed by atoms with Crippen LogP contribution in [-0.2, 0) is 16.0 Å². The fourth-order valence-corrected chi connectivity index (χ4v) is 3.79. The molecule has 0 aliphatic carbocycles. The topological polar surface area (TPSA) is 102 Å². The molecule has 0 amide bonds. The number of ether oxygens (including phenoxy) is 1. The lowest BCUT2D eigenvalue weighted by atomic mass is 10.1. The molecule has 1 aliphatic rings. The summed E-state index contributed by atoms with van der Waals surface area (Å²) in [6, 6.07) is 13.5. The molecule has 1 N–H and O–H groups in total. The van der Waals surface area contributed by atoms with E-state index in [0.717, 1.165) is 23.7 Å². The molecule has 8 heteroatoms. The van der Waals surface area contributed by atoms with E-state index in [9.17, 15) is 20.0 Å². The quantitative estimate of drug-likeness (QED) is 0.425. The number of nitro groups is 1. The minimum Gasteiger partial charge on any atom is -0.506 e. The number of nitro benzene ring substituents is 1. The van der Waals surface area contributed by atoms with Crippen LogP contribution in [0.25, 0.3) is 6.08 Å². The Morgan fingerprint density at radius 2 is 1.93 bits per heavy atom. The van der Waals surface area contributed by atoms with E-state index in [1.165, 1.54) is 19.2 Å². The van der Waals surface area contributed by atoms with Gasteiger partial charge in [-0.15, -0.1) is 0 Å².